The zero-order valence-electron chi connectivity index (χ0n) is 11.3. The summed E-state index contributed by atoms with van der Waals surface area (Å²) >= 11 is 0. The van der Waals surface area contributed by atoms with Crippen LogP contribution in [0, 0.1) is 0 Å². The lowest BCUT2D eigenvalue weighted by atomic mass is 10.4. The van der Waals surface area contributed by atoms with Gasteiger partial charge < -0.3 is 19.1 Å². The molecule has 0 amide bonds. The zero-order valence-corrected chi connectivity index (χ0v) is 11.3. The van der Waals surface area contributed by atoms with Crippen molar-refractivity contribution in [3.63, 3.8) is 0 Å². The molecule has 0 unspecified atom stereocenters. The van der Waals surface area contributed by atoms with Crippen molar-refractivity contribution in [1.82, 2.24) is 25.0 Å². The Hall–Kier alpha value is -1.73. The maximum absolute atomic E-state index is 5.06. The second-order valence-electron chi connectivity index (χ2n) is 4.16. The van der Waals surface area contributed by atoms with Crippen LogP contribution in [0.4, 0.5) is 0 Å². The Bertz CT molecular complexity index is 494. The van der Waals surface area contributed by atoms with Gasteiger partial charge in [-0.15, -0.1) is 0 Å². The Morgan fingerprint density at radius 1 is 1.47 bits per heavy atom. The van der Waals surface area contributed by atoms with Gasteiger partial charge in [-0.1, -0.05) is 12.1 Å². The van der Waals surface area contributed by atoms with Crippen molar-refractivity contribution >= 4 is 0 Å². The first-order valence-corrected chi connectivity index (χ1v) is 6.33. The molecule has 2 aromatic rings. The first kappa shape index (κ1) is 13.7. The monoisotopic (exact) mass is 265 g/mol. The average molecular weight is 265 g/mol. The molecule has 0 aliphatic carbocycles. The van der Waals surface area contributed by atoms with Crippen molar-refractivity contribution in [3.8, 4) is 0 Å². The highest BCUT2D eigenvalue weighted by Crippen LogP contribution is 2.02. The number of hydrogen-bond donors (Lipinski definition) is 1. The lowest BCUT2D eigenvalue weighted by Gasteiger charge is -2.00. The molecule has 1 N–H and O–H groups in total. The third kappa shape index (κ3) is 4.15. The number of nitrogens with one attached hydrogen (secondary N) is 1. The van der Waals surface area contributed by atoms with Crippen LogP contribution in [0.5, 0.6) is 0 Å². The van der Waals surface area contributed by atoms with E-state index in [-0.39, 0.29) is 0 Å². The summed E-state index contributed by atoms with van der Waals surface area (Å²) in [6.45, 7) is 4.80. The molecule has 0 fully saturated rings. The van der Waals surface area contributed by atoms with E-state index >= 15 is 0 Å². The number of aromatic nitrogens is 4. The molecule has 0 saturated heterocycles. The lowest BCUT2D eigenvalue weighted by molar-refractivity contribution is 0.199. The molecule has 2 aromatic heterocycles. The van der Waals surface area contributed by atoms with E-state index in [1.807, 2.05) is 17.7 Å². The van der Waals surface area contributed by atoms with Gasteiger partial charge in [0.25, 0.3) is 0 Å². The molecule has 2 rings (SSSR count). The summed E-state index contributed by atoms with van der Waals surface area (Å²) in [5.41, 5.74) is 0.982. The van der Waals surface area contributed by atoms with Gasteiger partial charge in [-0.3, -0.25) is 0 Å². The maximum Gasteiger partial charge on any atom is 0.226 e. The van der Waals surface area contributed by atoms with E-state index in [4.69, 9.17) is 9.26 Å². The molecule has 0 saturated carbocycles. The van der Waals surface area contributed by atoms with Gasteiger partial charge in [0.1, 0.15) is 0 Å². The number of aryl methyl sites for hydroxylation is 1. The van der Waals surface area contributed by atoms with Crippen LogP contribution in [0.1, 0.15) is 24.3 Å². The van der Waals surface area contributed by atoms with E-state index in [0.717, 1.165) is 25.2 Å². The van der Waals surface area contributed by atoms with Gasteiger partial charge in [0, 0.05) is 32.8 Å². The molecule has 0 aromatic carbocycles. The summed E-state index contributed by atoms with van der Waals surface area (Å²) < 4.78 is 12.0. The van der Waals surface area contributed by atoms with Gasteiger partial charge in [0.2, 0.25) is 5.89 Å². The minimum absolute atomic E-state index is 0.578. The van der Waals surface area contributed by atoms with Crippen LogP contribution in [0.25, 0.3) is 0 Å². The quantitative estimate of drug-likeness (QED) is 0.705. The van der Waals surface area contributed by atoms with Gasteiger partial charge in [-0.05, 0) is 0 Å². The van der Waals surface area contributed by atoms with E-state index in [0.29, 0.717) is 24.9 Å². The van der Waals surface area contributed by atoms with E-state index in [1.165, 1.54) is 0 Å². The molecule has 19 heavy (non-hydrogen) atoms. The summed E-state index contributed by atoms with van der Waals surface area (Å²) in [6, 6.07) is 0. The van der Waals surface area contributed by atoms with Gasteiger partial charge in [-0.25, -0.2) is 4.98 Å². The van der Waals surface area contributed by atoms with Crippen molar-refractivity contribution in [1.29, 1.82) is 0 Å². The highest BCUT2D eigenvalue weighted by atomic mass is 16.5. The molecule has 7 heteroatoms. The number of nitrogens with zero attached hydrogens (tertiary/aromatic N) is 4. The molecule has 0 spiro atoms. The normalized spacial score (nSPS) is 11.1. The fourth-order valence-electron chi connectivity index (χ4n) is 1.64. The molecule has 0 radical (unpaired) electrons. The van der Waals surface area contributed by atoms with Crippen LogP contribution in [0.2, 0.25) is 0 Å². The smallest absolute Gasteiger partial charge is 0.226 e. The molecule has 104 valence electrons. The van der Waals surface area contributed by atoms with Crippen molar-refractivity contribution in [3.05, 3.63) is 29.9 Å². The van der Waals surface area contributed by atoms with E-state index in [9.17, 15) is 0 Å². The Kier molecular flexibility index (Phi) is 5.05. The maximum atomic E-state index is 5.06. The minimum Gasteiger partial charge on any atom is -0.383 e. The molecular weight excluding hydrogens is 246 g/mol. The second kappa shape index (κ2) is 7.01. The first-order chi connectivity index (χ1) is 9.31. The van der Waals surface area contributed by atoms with Crippen molar-refractivity contribution in [2.45, 2.75) is 26.4 Å². The van der Waals surface area contributed by atoms with Crippen LogP contribution in [0.15, 0.2) is 17.0 Å². The van der Waals surface area contributed by atoms with Crippen LogP contribution < -0.4 is 5.32 Å². The molecule has 0 bridgehead atoms. The third-order valence-corrected chi connectivity index (χ3v) is 2.61. The minimum atomic E-state index is 0.578. The lowest BCUT2D eigenvalue weighted by Crippen LogP contribution is -2.18. The Labute approximate surface area is 112 Å². The average Bonchev–Trinajstić information content (AvgIpc) is 3.05. The van der Waals surface area contributed by atoms with Gasteiger partial charge in [0.15, 0.2) is 5.82 Å². The summed E-state index contributed by atoms with van der Waals surface area (Å²) in [6.07, 6.45) is 4.50. The number of hydrogen-bond acceptors (Lipinski definition) is 6. The first-order valence-electron chi connectivity index (χ1n) is 6.33. The molecule has 0 atom stereocenters. The highest BCUT2D eigenvalue weighted by molar-refractivity contribution is 4.98. The van der Waals surface area contributed by atoms with Crippen molar-refractivity contribution < 1.29 is 9.26 Å². The van der Waals surface area contributed by atoms with E-state index < -0.39 is 0 Å². The van der Waals surface area contributed by atoms with Crippen LogP contribution >= 0.6 is 0 Å². The number of ether oxygens (including phenoxy) is 1. The fraction of sp³-hybridized carbons (Fsp3) is 0.583. The van der Waals surface area contributed by atoms with Crippen LogP contribution in [-0.4, -0.2) is 40.0 Å². The predicted octanol–water partition coefficient (Wildman–Crippen LogP) is 0.613. The summed E-state index contributed by atoms with van der Waals surface area (Å²) in [5, 5.41) is 7.15. The van der Waals surface area contributed by atoms with Crippen molar-refractivity contribution in [2.75, 3.05) is 20.3 Å². The molecule has 0 aliphatic rings. The van der Waals surface area contributed by atoms with Gasteiger partial charge >= 0.3 is 0 Å². The number of rotatable bonds is 8. The summed E-state index contributed by atoms with van der Waals surface area (Å²) in [5.74, 6) is 1.34. The molecule has 0 aliphatic heterocycles. The highest BCUT2D eigenvalue weighted by Gasteiger charge is 2.06. The largest absolute Gasteiger partial charge is 0.383 e. The molecular formula is C12H19N5O2. The number of imidazole rings is 1. The Morgan fingerprint density at radius 2 is 2.37 bits per heavy atom. The van der Waals surface area contributed by atoms with Crippen molar-refractivity contribution in [2.24, 2.45) is 0 Å². The predicted molar refractivity (Wildman–Crippen MR) is 68.6 cm³/mol. The topological polar surface area (TPSA) is 78.0 Å². The SMILES string of the molecule is CCc1nc(Cn2cnc(CNCCOC)c2)no1. The fourth-order valence-corrected chi connectivity index (χ4v) is 1.64. The number of methoxy groups -OCH3 is 1. The van der Waals surface area contributed by atoms with E-state index in [2.05, 4.69) is 20.4 Å². The Balaban J connectivity index is 1.83. The standard InChI is InChI=1S/C12H19N5O2/c1-3-12-15-11(16-19-12)8-17-7-10(14-9-17)6-13-4-5-18-2/h7,9,13H,3-6,8H2,1-2H3. The van der Waals surface area contributed by atoms with Crippen LogP contribution in [-0.2, 0) is 24.2 Å². The zero-order chi connectivity index (χ0) is 13.5. The van der Waals surface area contributed by atoms with Crippen LogP contribution in [0.3, 0.4) is 0 Å². The van der Waals surface area contributed by atoms with Gasteiger partial charge in [-0.2, -0.15) is 4.98 Å². The summed E-state index contributed by atoms with van der Waals surface area (Å²) in [7, 11) is 1.69. The molecule has 7 nitrogen and oxygen atoms in total. The third-order valence-electron chi connectivity index (χ3n) is 2.61. The van der Waals surface area contributed by atoms with Gasteiger partial charge in [0.05, 0.1) is 25.2 Å². The molecule has 2 heterocycles. The summed E-state index contributed by atoms with van der Waals surface area (Å²) in [4.78, 5) is 8.57. The second-order valence-corrected chi connectivity index (χ2v) is 4.16. The Morgan fingerprint density at radius 3 is 3.11 bits per heavy atom. The van der Waals surface area contributed by atoms with E-state index in [1.54, 1.807) is 13.4 Å².